The third kappa shape index (κ3) is 6.39. The topological polar surface area (TPSA) is 78.4 Å². The van der Waals surface area contributed by atoms with E-state index in [1.165, 1.54) is 19.3 Å². The van der Waals surface area contributed by atoms with Crippen LogP contribution in [0, 0.1) is 0 Å². The summed E-state index contributed by atoms with van der Waals surface area (Å²) in [7, 11) is 0. The Hall–Kier alpha value is -1.36. The van der Waals surface area contributed by atoms with Gasteiger partial charge in [0.05, 0.1) is 13.0 Å². The third-order valence-electron chi connectivity index (χ3n) is 2.67. The van der Waals surface area contributed by atoms with Crippen LogP contribution in [-0.2, 0) is 11.2 Å². The summed E-state index contributed by atoms with van der Waals surface area (Å²) in [6.45, 7) is 1.43. The minimum absolute atomic E-state index is 0.248. The van der Waals surface area contributed by atoms with E-state index in [4.69, 9.17) is 15.0 Å². The molecule has 0 saturated carbocycles. The van der Waals surface area contributed by atoms with E-state index < -0.39 is 0 Å². The van der Waals surface area contributed by atoms with Crippen molar-refractivity contribution >= 4 is 6.29 Å². The number of hydrogen-bond acceptors (Lipinski definition) is 5. The molecule has 5 heteroatoms. The molecule has 1 aromatic rings. The lowest BCUT2D eigenvalue weighted by molar-refractivity contribution is -0.107. The van der Waals surface area contributed by atoms with Gasteiger partial charge in [-0.15, -0.1) is 0 Å². The molecule has 0 radical (unpaired) electrons. The van der Waals surface area contributed by atoms with Crippen LogP contribution in [0.4, 0.5) is 0 Å². The molecule has 0 fully saturated rings. The molecule has 5 nitrogen and oxygen atoms in total. The van der Waals surface area contributed by atoms with Gasteiger partial charge in [-0.3, -0.25) is 0 Å². The zero-order valence-corrected chi connectivity index (χ0v) is 10.8. The van der Waals surface area contributed by atoms with Crippen molar-refractivity contribution in [2.75, 3.05) is 13.2 Å². The predicted octanol–water partition coefficient (Wildman–Crippen LogP) is 2.09. The van der Waals surface area contributed by atoms with Crippen LogP contribution in [0.1, 0.15) is 44.3 Å². The maximum absolute atomic E-state index is 10.3. The molecule has 0 amide bonds. The molecule has 0 aliphatic carbocycles. The standard InChI is InChI=1S/C13H22N2O3/c14-8-5-3-1-2-4-6-10-17-13-11-12(7-9-16)18-15-13/h9,11H,1-8,10,14H2. The quantitative estimate of drug-likeness (QED) is 0.483. The van der Waals surface area contributed by atoms with Crippen LogP contribution < -0.4 is 10.5 Å². The van der Waals surface area contributed by atoms with Gasteiger partial charge in [-0.05, 0) is 24.5 Å². The Labute approximate surface area is 108 Å². The normalized spacial score (nSPS) is 10.5. The highest BCUT2D eigenvalue weighted by atomic mass is 16.5. The van der Waals surface area contributed by atoms with E-state index in [1.54, 1.807) is 6.07 Å². The van der Waals surface area contributed by atoms with Crippen LogP contribution in [0.2, 0.25) is 0 Å². The second-order valence-electron chi connectivity index (χ2n) is 4.26. The van der Waals surface area contributed by atoms with Gasteiger partial charge in [0, 0.05) is 6.07 Å². The van der Waals surface area contributed by atoms with Gasteiger partial charge in [0.2, 0.25) is 0 Å². The average Bonchev–Trinajstić information content (AvgIpc) is 2.81. The maximum atomic E-state index is 10.3. The van der Waals surface area contributed by atoms with Crippen molar-refractivity contribution in [1.82, 2.24) is 5.16 Å². The molecule has 0 atom stereocenters. The number of nitrogens with two attached hydrogens (primary N) is 1. The molecule has 102 valence electrons. The number of aromatic nitrogens is 1. The summed E-state index contributed by atoms with van der Waals surface area (Å²) in [5.74, 6) is 1.01. The molecule has 0 unspecified atom stereocenters. The average molecular weight is 254 g/mol. The fourth-order valence-electron chi connectivity index (χ4n) is 1.67. The van der Waals surface area contributed by atoms with Gasteiger partial charge >= 0.3 is 0 Å². The largest absolute Gasteiger partial charge is 0.476 e. The lowest BCUT2D eigenvalue weighted by Crippen LogP contribution is -1.99. The highest BCUT2D eigenvalue weighted by Gasteiger charge is 2.03. The minimum atomic E-state index is 0.248. The molecule has 1 aromatic heterocycles. The first-order valence-electron chi connectivity index (χ1n) is 6.59. The molecule has 1 heterocycles. The molecular weight excluding hydrogens is 232 g/mol. The number of unbranched alkanes of at least 4 members (excludes halogenated alkanes) is 5. The Balaban J connectivity index is 1.98. The van der Waals surface area contributed by atoms with E-state index >= 15 is 0 Å². The summed E-state index contributed by atoms with van der Waals surface area (Å²) >= 11 is 0. The summed E-state index contributed by atoms with van der Waals surface area (Å²) in [6.07, 6.45) is 8.00. The van der Waals surface area contributed by atoms with E-state index in [0.29, 0.717) is 18.2 Å². The molecule has 1 rings (SSSR count). The zero-order valence-electron chi connectivity index (χ0n) is 10.8. The SMILES string of the molecule is NCCCCCCCCOc1cc(CC=O)on1. The van der Waals surface area contributed by atoms with Crippen LogP contribution in [0.5, 0.6) is 5.88 Å². The predicted molar refractivity (Wildman–Crippen MR) is 68.5 cm³/mol. The Morgan fingerprint density at radius 3 is 2.67 bits per heavy atom. The van der Waals surface area contributed by atoms with Crippen molar-refractivity contribution in [2.24, 2.45) is 5.73 Å². The van der Waals surface area contributed by atoms with Crippen LogP contribution in [-0.4, -0.2) is 24.6 Å². The number of carbonyl (C=O) groups is 1. The zero-order chi connectivity index (χ0) is 13.1. The fourth-order valence-corrected chi connectivity index (χ4v) is 1.67. The van der Waals surface area contributed by atoms with Gasteiger partial charge in [-0.1, -0.05) is 25.7 Å². The Bertz CT molecular complexity index is 326. The fraction of sp³-hybridized carbons (Fsp3) is 0.692. The maximum Gasteiger partial charge on any atom is 0.254 e. The monoisotopic (exact) mass is 254 g/mol. The Morgan fingerprint density at radius 2 is 1.94 bits per heavy atom. The summed E-state index contributed by atoms with van der Waals surface area (Å²) in [5.41, 5.74) is 5.42. The lowest BCUT2D eigenvalue weighted by Gasteiger charge is -2.02. The van der Waals surface area contributed by atoms with Gasteiger partial charge in [0.1, 0.15) is 12.0 Å². The summed E-state index contributed by atoms with van der Waals surface area (Å²) < 4.78 is 10.3. The number of aldehydes is 1. The van der Waals surface area contributed by atoms with Gasteiger partial charge in [-0.25, -0.2) is 0 Å². The third-order valence-corrected chi connectivity index (χ3v) is 2.67. The van der Waals surface area contributed by atoms with Gasteiger partial charge in [-0.2, -0.15) is 0 Å². The summed E-state index contributed by atoms with van der Waals surface area (Å²) in [5, 5.41) is 3.72. The van der Waals surface area contributed by atoms with E-state index in [2.05, 4.69) is 5.16 Å². The molecular formula is C13H22N2O3. The number of rotatable bonds is 11. The number of ether oxygens (including phenoxy) is 1. The minimum Gasteiger partial charge on any atom is -0.476 e. The van der Waals surface area contributed by atoms with Crippen LogP contribution in [0.25, 0.3) is 0 Å². The summed E-state index contributed by atoms with van der Waals surface area (Å²) in [6, 6.07) is 1.66. The van der Waals surface area contributed by atoms with E-state index in [-0.39, 0.29) is 6.42 Å². The molecule has 0 saturated heterocycles. The first kappa shape index (κ1) is 14.7. The van der Waals surface area contributed by atoms with Crippen molar-refractivity contribution in [3.63, 3.8) is 0 Å². The molecule has 18 heavy (non-hydrogen) atoms. The Kier molecular flexibility index (Phi) is 7.88. The number of hydrogen-bond donors (Lipinski definition) is 1. The highest BCUT2D eigenvalue weighted by Crippen LogP contribution is 2.12. The highest BCUT2D eigenvalue weighted by molar-refractivity contribution is 5.53. The smallest absolute Gasteiger partial charge is 0.254 e. The number of nitrogens with zero attached hydrogens (tertiary/aromatic N) is 1. The van der Waals surface area contributed by atoms with Crippen LogP contribution >= 0.6 is 0 Å². The molecule has 0 aliphatic rings. The van der Waals surface area contributed by atoms with Gasteiger partial charge < -0.3 is 19.8 Å². The molecule has 2 N–H and O–H groups in total. The molecule has 0 aromatic carbocycles. The van der Waals surface area contributed by atoms with Gasteiger partial charge in [0.25, 0.3) is 5.88 Å². The van der Waals surface area contributed by atoms with Crippen molar-refractivity contribution in [1.29, 1.82) is 0 Å². The van der Waals surface area contributed by atoms with Crippen molar-refractivity contribution in [2.45, 2.75) is 44.9 Å². The van der Waals surface area contributed by atoms with Crippen molar-refractivity contribution < 1.29 is 14.1 Å². The number of carbonyl (C=O) groups excluding carboxylic acids is 1. The molecule has 0 spiro atoms. The van der Waals surface area contributed by atoms with Crippen LogP contribution in [0.15, 0.2) is 10.6 Å². The first-order chi connectivity index (χ1) is 8.86. The first-order valence-corrected chi connectivity index (χ1v) is 6.59. The molecule has 0 bridgehead atoms. The van der Waals surface area contributed by atoms with Crippen LogP contribution in [0.3, 0.4) is 0 Å². The Morgan fingerprint density at radius 1 is 1.22 bits per heavy atom. The van der Waals surface area contributed by atoms with Crippen molar-refractivity contribution in [3.05, 3.63) is 11.8 Å². The second-order valence-corrected chi connectivity index (χ2v) is 4.26. The molecule has 0 aliphatic heterocycles. The van der Waals surface area contributed by atoms with E-state index in [1.807, 2.05) is 0 Å². The van der Waals surface area contributed by atoms with E-state index in [0.717, 1.165) is 32.1 Å². The summed E-state index contributed by atoms with van der Waals surface area (Å²) in [4.78, 5) is 10.3. The lowest BCUT2D eigenvalue weighted by atomic mass is 10.1. The van der Waals surface area contributed by atoms with E-state index in [9.17, 15) is 4.79 Å². The van der Waals surface area contributed by atoms with Crippen molar-refractivity contribution in [3.8, 4) is 5.88 Å². The second kappa shape index (κ2) is 9.65. The van der Waals surface area contributed by atoms with Gasteiger partial charge in [0.15, 0.2) is 0 Å².